The molecule has 0 bridgehead atoms. The van der Waals surface area contributed by atoms with Gasteiger partial charge in [-0.3, -0.25) is 0 Å². The van der Waals surface area contributed by atoms with Gasteiger partial charge < -0.3 is 19.5 Å². The zero-order valence-electron chi connectivity index (χ0n) is 14.0. The molecule has 126 valence electrons. The van der Waals surface area contributed by atoms with E-state index in [2.05, 4.69) is 36.2 Å². The van der Waals surface area contributed by atoms with Crippen LogP contribution in [0.5, 0.6) is 17.2 Å². The van der Waals surface area contributed by atoms with Gasteiger partial charge in [-0.25, -0.2) is 0 Å². The molecule has 0 saturated heterocycles. The Balaban J connectivity index is 1.60. The second-order valence-corrected chi connectivity index (χ2v) is 5.84. The summed E-state index contributed by atoms with van der Waals surface area (Å²) in [4.78, 5) is 0. The number of benzene rings is 2. The lowest BCUT2D eigenvalue weighted by Gasteiger charge is -2.18. The van der Waals surface area contributed by atoms with Gasteiger partial charge in [0.25, 0.3) is 0 Å². The fraction of sp³-hybridized carbons (Fsp3) is 0.300. The molecular formula is C20H23NO3. The average Bonchev–Trinajstić information content (AvgIpc) is 3.08. The van der Waals surface area contributed by atoms with Crippen LogP contribution in [-0.2, 0) is 13.0 Å². The number of ether oxygens (including phenoxy) is 3. The van der Waals surface area contributed by atoms with E-state index in [0.717, 1.165) is 36.6 Å². The first-order valence-electron chi connectivity index (χ1n) is 8.14. The van der Waals surface area contributed by atoms with Crippen molar-refractivity contribution in [3.05, 3.63) is 66.2 Å². The molecule has 4 heteroatoms. The molecule has 0 aromatic heterocycles. The van der Waals surface area contributed by atoms with Gasteiger partial charge in [-0.2, -0.15) is 0 Å². The molecule has 0 radical (unpaired) electrons. The first-order chi connectivity index (χ1) is 11.8. The maximum atomic E-state index is 5.46. The van der Waals surface area contributed by atoms with Crippen molar-refractivity contribution in [2.75, 3.05) is 13.9 Å². The molecule has 1 aliphatic rings. The van der Waals surface area contributed by atoms with Gasteiger partial charge >= 0.3 is 0 Å². The lowest BCUT2D eigenvalue weighted by Crippen LogP contribution is -2.30. The highest BCUT2D eigenvalue weighted by Crippen LogP contribution is 2.32. The third-order valence-electron chi connectivity index (χ3n) is 4.12. The summed E-state index contributed by atoms with van der Waals surface area (Å²) >= 11 is 0. The van der Waals surface area contributed by atoms with Crippen LogP contribution >= 0.6 is 0 Å². The van der Waals surface area contributed by atoms with Crippen molar-refractivity contribution in [2.45, 2.75) is 25.4 Å². The minimum atomic E-state index is 0.310. The van der Waals surface area contributed by atoms with E-state index in [1.165, 1.54) is 11.1 Å². The van der Waals surface area contributed by atoms with Gasteiger partial charge in [0.2, 0.25) is 6.79 Å². The Morgan fingerprint density at radius 2 is 1.88 bits per heavy atom. The fourth-order valence-corrected chi connectivity index (χ4v) is 2.80. The molecule has 2 aromatic carbocycles. The molecule has 0 fully saturated rings. The van der Waals surface area contributed by atoms with Crippen LogP contribution in [0.4, 0.5) is 0 Å². The van der Waals surface area contributed by atoms with Gasteiger partial charge in [0.15, 0.2) is 11.5 Å². The molecule has 2 aromatic rings. The smallest absolute Gasteiger partial charge is 0.231 e. The molecule has 1 unspecified atom stereocenters. The van der Waals surface area contributed by atoms with Crippen LogP contribution < -0.4 is 19.5 Å². The maximum absolute atomic E-state index is 5.46. The van der Waals surface area contributed by atoms with Crippen molar-refractivity contribution >= 4 is 0 Å². The van der Waals surface area contributed by atoms with Crippen LogP contribution in [0.2, 0.25) is 0 Å². The van der Waals surface area contributed by atoms with Crippen molar-refractivity contribution in [3.63, 3.8) is 0 Å². The maximum Gasteiger partial charge on any atom is 0.231 e. The molecular weight excluding hydrogens is 302 g/mol. The monoisotopic (exact) mass is 325 g/mol. The molecule has 24 heavy (non-hydrogen) atoms. The number of rotatable bonds is 8. The molecule has 0 amide bonds. The van der Waals surface area contributed by atoms with Gasteiger partial charge in [0, 0.05) is 12.6 Å². The van der Waals surface area contributed by atoms with Crippen LogP contribution in [0.25, 0.3) is 0 Å². The molecule has 1 aliphatic heterocycles. The van der Waals surface area contributed by atoms with Gasteiger partial charge in [0.1, 0.15) is 5.75 Å². The predicted octanol–water partition coefficient (Wildman–Crippen LogP) is 3.70. The lowest BCUT2D eigenvalue weighted by molar-refractivity contribution is 0.174. The van der Waals surface area contributed by atoms with Crippen LogP contribution in [-0.4, -0.2) is 19.9 Å². The molecule has 0 saturated carbocycles. The van der Waals surface area contributed by atoms with Crippen molar-refractivity contribution in [1.82, 2.24) is 5.32 Å². The average molecular weight is 325 g/mol. The van der Waals surface area contributed by atoms with Gasteiger partial charge in [-0.1, -0.05) is 24.3 Å². The van der Waals surface area contributed by atoms with Crippen LogP contribution in [0, 0.1) is 0 Å². The Hall–Kier alpha value is -2.46. The van der Waals surface area contributed by atoms with E-state index >= 15 is 0 Å². The summed E-state index contributed by atoms with van der Waals surface area (Å²) in [6.07, 6.45) is 3.78. The van der Waals surface area contributed by atoms with Crippen molar-refractivity contribution in [2.24, 2.45) is 0 Å². The molecule has 1 heterocycles. The minimum absolute atomic E-state index is 0.310. The van der Waals surface area contributed by atoms with E-state index in [9.17, 15) is 0 Å². The predicted molar refractivity (Wildman–Crippen MR) is 94.7 cm³/mol. The van der Waals surface area contributed by atoms with Gasteiger partial charge in [-0.15, -0.1) is 6.58 Å². The van der Waals surface area contributed by atoms with E-state index in [0.29, 0.717) is 12.8 Å². The topological polar surface area (TPSA) is 39.7 Å². The van der Waals surface area contributed by atoms with E-state index < -0.39 is 0 Å². The minimum Gasteiger partial charge on any atom is -0.497 e. The zero-order chi connectivity index (χ0) is 16.8. The van der Waals surface area contributed by atoms with Gasteiger partial charge in [0.05, 0.1) is 7.11 Å². The molecule has 1 atom stereocenters. The summed E-state index contributed by atoms with van der Waals surface area (Å²) in [5.41, 5.74) is 2.46. The summed E-state index contributed by atoms with van der Waals surface area (Å²) in [6.45, 7) is 5.00. The summed E-state index contributed by atoms with van der Waals surface area (Å²) in [7, 11) is 1.68. The molecule has 0 spiro atoms. The van der Waals surface area contributed by atoms with E-state index in [1.54, 1.807) is 7.11 Å². The number of fused-ring (bicyclic) bond motifs is 1. The summed E-state index contributed by atoms with van der Waals surface area (Å²) in [5, 5.41) is 3.61. The molecule has 3 rings (SSSR count). The van der Waals surface area contributed by atoms with Crippen LogP contribution in [0.1, 0.15) is 17.5 Å². The quantitative estimate of drug-likeness (QED) is 0.751. The first-order valence-corrected chi connectivity index (χ1v) is 8.14. The number of methoxy groups -OCH3 is 1. The Kier molecular flexibility index (Phi) is 5.39. The zero-order valence-corrected chi connectivity index (χ0v) is 14.0. The third-order valence-corrected chi connectivity index (χ3v) is 4.12. The van der Waals surface area contributed by atoms with E-state index in [-0.39, 0.29) is 0 Å². The molecule has 1 N–H and O–H groups in total. The van der Waals surface area contributed by atoms with Crippen LogP contribution in [0.15, 0.2) is 55.1 Å². The summed E-state index contributed by atoms with van der Waals surface area (Å²) in [6, 6.07) is 14.6. The Bertz CT molecular complexity index is 682. The second-order valence-electron chi connectivity index (χ2n) is 5.84. The number of hydrogen-bond acceptors (Lipinski definition) is 4. The Morgan fingerprint density at radius 1 is 1.12 bits per heavy atom. The molecule has 4 nitrogen and oxygen atoms in total. The highest BCUT2D eigenvalue weighted by atomic mass is 16.7. The Morgan fingerprint density at radius 3 is 2.62 bits per heavy atom. The Labute approximate surface area is 143 Å². The van der Waals surface area contributed by atoms with E-state index in [1.807, 2.05) is 24.3 Å². The van der Waals surface area contributed by atoms with Crippen LogP contribution in [0.3, 0.4) is 0 Å². The SMILES string of the molecule is C=CCC(Cc1ccc2c(c1)OCO2)NCc1ccc(OC)cc1. The van der Waals surface area contributed by atoms with E-state index in [4.69, 9.17) is 14.2 Å². The highest BCUT2D eigenvalue weighted by molar-refractivity contribution is 5.44. The number of hydrogen-bond donors (Lipinski definition) is 1. The van der Waals surface area contributed by atoms with Crippen molar-refractivity contribution in [1.29, 1.82) is 0 Å². The van der Waals surface area contributed by atoms with Crippen molar-refractivity contribution < 1.29 is 14.2 Å². The summed E-state index contributed by atoms with van der Waals surface area (Å²) in [5.74, 6) is 2.53. The first kappa shape index (κ1) is 16.4. The standard InChI is InChI=1S/C20H23NO3/c1-3-4-17(21-13-15-5-8-18(22-2)9-6-15)11-16-7-10-19-20(12-16)24-14-23-19/h3,5-10,12,17,21H,1,4,11,13-14H2,2H3. The highest BCUT2D eigenvalue weighted by Gasteiger charge is 2.15. The lowest BCUT2D eigenvalue weighted by atomic mass is 10.0. The normalized spacial score (nSPS) is 13.5. The largest absolute Gasteiger partial charge is 0.497 e. The summed E-state index contributed by atoms with van der Waals surface area (Å²) < 4.78 is 16.0. The number of nitrogens with one attached hydrogen (secondary N) is 1. The van der Waals surface area contributed by atoms with Gasteiger partial charge in [-0.05, 0) is 48.2 Å². The third kappa shape index (κ3) is 4.09. The van der Waals surface area contributed by atoms with Crippen molar-refractivity contribution in [3.8, 4) is 17.2 Å². The second kappa shape index (κ2) is 7.88. The molecule has 0 aliphatic carbocycles. The fourth-order valence-electron chi connectivity index (χ4n) is 2.80.